The highest BCUT2D eigenvalue weighted by Crippen LogP contribution is 2.35. The van der Waals surface area contributed by atoms with Crippen molar-refractivity contribution < 1.29 is 23.1 Å². The van der Waals surface area contributed by atoms with Gasteiger partial charge in [0.1, 0.15) is 17.0 Å². The summed E-state index contributed by atoms with van der Waals surface area (Å²) in [4.78, 5) is 17.4. The predicted molar refractivity (Wildman–Crippen MR) is 65.6 cm³/mol. The van der Waals surface area contributed by atoms with Crippen LogP contribution in [0.4, 0.5) is 13.2 Å². The molecule has 3 N–H and O–H groups in total. The molecule has 3 aromatic rings. The first kappa shape index (κ1) is 13.2. The van der Waals surface area contributed by atoms with Crippen molar-refractivity contribution in [3.63, 3.8) is 0 Å². The van der Waals surface area contributed by atoms with Gasteiger partial charge in [-0.2, -0.15) is 18.3 Å². The van der Waals surface area contributed by atoms with E-state index < -0.39 is 17.8 Å². The molecule has 0 unspecified atom stereocenters. The fourth-order valence-corrected chi connectivity index (χ4v) is 1.97. The van der Waals surface area contributed by atoms with E-state index >= 15 is 0 Å². The third-order valence-corrected chi connectivity index (χ3v) is 2.91. The van der Waals surface area contributed by atoms with E-state index in [1.165, 1.54) is 18.2 Å². The summed E-state index contributed by atoms with van der Waals surface area (Å²) in [5.74, 6) is -1.17. The zero-order chi connectivity index (χ0) is 15.2. The molecule has 0 bridgehead atoms. The van der Waals surface area contributed by atoms with E-state index in [1.54, 1.807) is 0 Å². The SMILES string of the molecule is O=C(O)c1cc2ccc(-c3cn[nH]c3C(F)(F)F)nc2[nH]1. The number of rotatable bonds is 2. The van der Waals surface area contributed by atoms with Crippen LogP contribution in [0.25, 0.3) is 22.3 Å². The maximum atomic E-state index is 12.8. The Morgan fingerprint density at radius 3 is 2.71 bits per heavy atom. The highest BCUT2D eigenvalue weighted by atomic mass is 19.4. The van der Waals surface area contributed by atoms with Gasteiger partial charge in [-0.15, -0.1) is 0 Å². The van der Waals surface area contributed by atoms with Crippen LogP contribution in [0.3, 0.4) is 0 Å². The minimum absolute atomic E-state index is 0.0439. The molecule has 21 heavy (non-hydrogen) atoms. The topological polar surface area (TPSA) is 94.7 Å². The smallest absolute Gasteiger partial charge is 0.433 e. The lowest BCUT2D eigenvalue weighted by Gasteiger charge is -2.06. The first-order valence-electron chi connectivity index (χ1n) is 5.70. The molecule has 0 aliphatic heterocycles. The molecule has 0 saturated heterocycles. The van der Waals surface area contributed by atoms with E-state index in [4.69, 9.17) is 5.11 Å². The fraction of sp³-hybridized carbons (Fsp3) is 0.0833. The second-order valence-electron chi connectivity index (χ2n) is 4.28. The number of halogens is 3. The zero-order valence-electron chi connectivity index (χ0n) is 10.2. The Morgan fingerprint density at radius 1 is 1.29 bits per heavy atom. The lowest BCUT2D eigenvalue weighted by molar-refractivity contribution is -0.140. The molecule has 0 saturated carbocycles. The number of hydrogen-bond donors (Lipinski definition) is 3. The molecule has 0 atom stereocenters. The lowest BCUT2D eigenvalue weighted by atomic mass is 10.1. The average Bonchev–Trinajstić information content (AvgIpc) is 3.03. The van der Waals surface area contributed by atoms with Gasteiger partial charge in [-0.3, -0.25) is 5.10 Å². The normalized spacial score (nSPS) is 12.0. The van der Waals surface area contributed by atoms with Crippen LogP contribution in [0.1, 0.15) is 16.2 Å². The molecule has 0 amide bonds. The highest BCUT2D eigenvalue weighted by Gasteiger charge is 2.36. The minimum Gasteiger partial charge on any atom is -0.477 e. The molecule has 0 aromatic carbocycles. The molecule has 3 heterocycles. The summed E-state index contributed by atoms with van der Waals surface area (Å²) in [5.41, 5.74) is -1.05. The molecular weight excluding hydrogens is 289 g/mol. The summed E-state index contributed by atoms with van der Waals surface area (Å²) in [6.45, 7) is 0. The van der Waals surface area contributed by atoms with Crippen molar-refractivity contribution in [3.8, 4) is 11.3 Å². The number of carboxylic acids is 1. The number of aromatic amines is 2. The monoisotopic (exact) mass is 296 g/mol. The van der Waals surface area contributed by atoms with E-state index in [0.717, 1.165) is 6.20 Å². The van der Waals surface area contributed by atoms with Crippen molar-refractivity contribution >= 4 is 17.0 Å². The van der Waals surface area contributed by atoms with Crippen molar-refractivity contribution in [3.05, 3.63) is 35.8 Å². The van der Waals surface area contributed by atoms with E-state index in [1.807, 2.05) is 5.10 Å². The number of fused-ring (bicyclic) bond motifs is 1. The molecule has 9 heteroatoms. The second-order valence-corrected chi connectivity index (χ2v) is 4.28. The molecule has 6 nitrogen and oxygen atoms in total. The number of hydrogen-bond acceptors (Lipinski definition) is 3. The standard InChI is InChI=1S/C12H7F3N4O2/c13-12(14,15)9-6(4-16-19-9)7-2-1-5-3-8(11(20)21)18-10(5)17-7/h1-4H,(H,16,19)(H,17,18)(H,20,21). The van der Waals surface area contributed by atoms with Gasteiger partial charge in [0.15, 0.2) is 0 Å². The molecule has 3 aromatic heterocycles. The molecule has 0 spiro atoms. The van der Waals surface area contributed by atoms with Crippen LogP contribution >= 0.6 is 0 Å². The average molecular weight is 296 g/mol. The third kappa shape index (κ3) is 2.22. The maximum absolute atomic E-state index is 12.8. The number of nitrogens with one attached hydrogen (secondary N) is 2. The summed E-state index contributed by atoms with van der Waals surface area (Å²) in [6, 6.07) is 4.23. The van der Waals surface area contributed by atoms with Gasteiger partial charge in [0.05, 0.1) is 17.5 Å². The number of H-pyrrole nitrogens is 2. The van der Waals surface area contributed by atoms with Gasteiger partial charge in [-0.1, -0.05) is 0 Å². The molecular formula is C12H7F3N4O2. The van der Waals surface area contributed by atoms with Crippen molar-refractivity contribution in [1.82, 2.24) is 20.2 Å². The summed E-state index contributed by atoms with van der Waals surface area (Å²) >= 11 is 0. The van der Waals surface area contributed by atoms with Crippen LogP contribution in [-0.4, -0.2) is 31.2 Å². The van der Waals surface area contributed by atoms with Gasteiger partial charge in [-0.05, 0) is 18.2 Å². The first-order chi connectivity index (χ1) is 9.86. The number of nitrogens with zero attached hydrogens (tertiary/aromatic N) is 2. The number of pyridine rings is 1. The maximum Gasteiger partial charge on any atom is 0.433 e. The van der Waals surface area contributed by atoms with E-state index in [9.17, 15) is 18.0 Å². The van der Waals surface area contributed by atoms with Gasteiger partial charge >= 0.3 is 12.1 Å². The number of alkyl halides is 3. The molecule has 0 fully saturated rings. The Hall–Kier alpha value is -2.84. The van der Waals surface area contributed by atoms with Crippen molar-refractivity contribution in [2.45, 2.75) is 6.18 Å². The van der Waals surface area contributed by atoms with E-state index in [-0.39, 0.29) is 22.6 Å². The fourth-order valence-electron chi connectivity index (χ4n) is 1.97. The Kier molecular flexibility index (Phi) is 2.71. The summed E-state index contributed by atoms with van der Waals surface area (Å²) < 4.78 is 38.4. The van der Waals surface area contributed by atoms with Crippen molar-refractivity contribution in [2.75, 3.05) is 0 Å². The third-order valence-electron chi connectivity index (χ3n) is 2.91. The molecule has 0 radical (unpaired) electrons. The van der Waals surface area contributed by atoms with Crippen LogP contribution in [0, 0.1) is 0 Å². The Labute approximate surface area is 114 Å². The van der Waals surface area contributed by atoms with Gasteiger partial charge < -0.3 is 10.1 Å². The lowest BCUT2D eigenvalue weighted by Crippen LogP contribution is -2.07. The number of carbonyl (C=O) groups is 1. The van der Waals surface area contributed by atoms with E-state index in [0.29, 0.717) is 5.39 Å². The second kappa shape index (κ2) is 4.33. The molecule has 0 aliphatic carbocycles. The molecule has 108 valence electrons. The number of carboxylic acid groups (broad SMARTS) is 1. The van der Waals surface area contributed by atoms with Crippen LogP contribution in [0.5, 0.6) is 0 Å². The minimum atomic E-state index is -4.58. The van der Waals surface area contributed by atoms with Crippen molar-refractivity contribution in [2.24, 2.45) is 0 Å². The van der Waals surface area contributed by atoms with Crippen LogP contribution < -0.4 is 0 Å². The first-order valence-corrected chi connectivity index (χ1v) is 5.70. The van der Waals surface area contributed by atoms with Gasteiger partial charge in [0.2, 0.25) is 0 Å². The predicted octanol–water partition coefficient (Wildman–Crippen LogP) is 2.67. The quantitative estimate of drug-likeness (QED) is 0.677. The van der Waals surface area contributed by atoms with E-state index in [2.05, 4.69) is 15.1 Å². The largest absolute Gasteiger partial charge is 0.477 e. The Bertz CT molecular complexity index is 835. The van der Waals surface area contributed by atoms with Gasteiger partial charge in [-0.25, -0.2) is 9.78 Å². The van der Waals surface area contributed by atoms with Crippen LogP contribution in [-0.2, 0) is 6.18 Å². The number of aromatic nitrogens is 4. The highest BCUT2D eigenvalue weighted by molar-refractivity contribution is 5.93. The number of aromatic carboxylic acids is 1. The summed E-state index contributed by atoms with van der Waals surface area (Å²) in [5, 5.41) is 14.6. The van der Waals surface area contributed by atoms with Crippen LogP contribution in [0.15, 0.2) is 24.4 Å². The summed E-state index contributed by atoms with van der Waals surface area (Å²) in [7, 11) is 0. The van der Waals surface area contributed by atoms with Crippen LogP contribution in [0.2, 0.25) is 0 Å². The van der Waals surface area contributed by atoms with Gasteiger partial charge in [0, 0.05) is 5.39 Å². The molecule has 3 rings (SSSR count). The summed E-state index contributed by atoms with van der Waals surface area (Å²) in [6.07, 6.45) is -3.55. The zero-order valence-corrected chi connectivity index (χ0v) is 10.2. The Morgan fingerprint density at radius 2 is 2.05 bits per heavy atom. The van der Waals surface area contributed by atoms with Gasteiger partial charge in [0.25, 0.3) is 0 Å². The molecule has 0 aliphatic rings. The Balaban J connectivity index is 2.14. The van der Waals surface area contributed by atoms with Crippen molar-refractivity contribution in [1.29, 1.82) is 0 Å².